The van der Waals surface area contributed by atoms with Crippen LogP contribution in [0, 0.1) is 0 Å². The van der Waals surface area contributed by atoms with E-state index in [0.29, 0.717) is 0 Å². The second-order valence-corrected chi connectivity index (χ2v) is 11.9. The van der Waals surface area contributed by atoms with E-state index in [1.807, 2.05) is 7.11 Å². The molecule has 0 N–H and O–H groups in total. The van der Waals surface area contributed by atoms with Crippen LogP contribution in [0.15, 0.2) is 0 Å². The summed E-state index contributed by atoms with van der Waals surface area (Å²) in [4.78, 5) is 0. The summed E-state index contributed by atoms with van der Waals surface area (Å²) >= 11 is 0. The minimum absolute atomic E-state index is 1.11. The summed E-state index contributed by atoms with van der Waals surface area (Å²) in [6, 6.07) is 4.60. The Hall–Kier alpha value is 0.314. The van der Waals surface area contributed by atoms with Gasteiger partial charge >= 0.3 is 8.56 Å². The lowest BCUT2D eigenvalue weighted by Gasteiger charge is -2.38. The van der Waals surface area contributed by atoms with E-state index in [2.05, 4.69) is 6.55 Å². The molecular formula is C8H20O3Si2. The van der Waals surface area contributed by atoms with E-state index in [9.17, 15) is 0 Å². The Bertz CT molecular complexity index is 161. The molecule has 1 saturated heterocycles. The smallest absolute Gasteiger partial charge is 0.337 e. The summed E-state index contributed by atoms with van der Waals surface area (Å²) < 4.78 is 16.7. The molecule has 1 heterocycles. The molecule has 0 saturated carbocycles. The van der Waals surface area contributed by atoms with Crippen molar-refractivity contribution in [3.8, 4) is 0 Å². The number of rotatable bonds is 3. The maximum absolute atomic E-state index is 5.61. The predicted octanol–water partition coefficient (Wildman–Crippen LogP) is 1.96. The highest BCUT2D eigenvalue weighted by atomic mass is 28.4. The van der Waals surface area contributed by atoms with Crippen LogP contribution in [0.1, 0.15) is 0 Å². The Kier molecular flexibility index (Phi) is 3.70. The first-order chi connectivity index (χ1) is 6.10. The van der Waals surface area contributed by atoms with E-state index in [-0.39, 0.29) is 0 Å². The maximum atomic E-state index is 5.61. The lowest BCUT2D eigenvalue weighted by atomic mass is 10.9. The van der Waals surface area contributed by atoms with Gasteiger partial charge in [0.15, 0.2) is 8.32 Å². The van der Waals surface area contributed by atoms with Crippen molar-refractivity contribution in [2.75, 3.05) is 21.3 Å². The molecule has 1 aliphatic heterocycles. The summed E-state index contributed by atoms with van der Waals surface area (Å²) in [6.07, 6.45) is 0. The first kappa shape index (κ1) is 11.4. The van der Waals surface area contributed by atoms with Crippen LogP contribution in [0.3, 0.4) is 0 Å². The van der Waals surface area contributed by atoms with Crippen LogP contribution in [0.2, 0.25) is 30.7 Å². The van der Waals surface area contributed by atoms with Gasteiger partial charge in [0.1, 0.15) is 0 Å². The summed E-state index contributed by atoms with van der Waals surface area (Å²) in [7, 11) is 2.28. The van der Waals surface area contributed by atoms with Gasteiger partial charge in [-0.3, -0.25) is 0 Å². The second-order valence-electron chi connectivity index (χ2n) is 3.97. The van der Waals surface area contributed by atoms with Crippen molar-refractivity contribution in [1.82, 2.24) is 0 Å². The zero-order valence-corrected chi connectivity index (χ0v) is 11.1. The molecule has 0 aromatic heterocycles. The first-order valence-corrected chi connectivity index (χ1v) is 9.80. The number of hydrogen-bond acceptors (Lipinski definition) is 3. The van der Waals surface area contributed by atoms with E-state index < -0.39 is 16.9 Å². The Morgan fingerprint density at radius 1 is 0.769 bits per heavy atom. The van der Waals surface area contributed by atoms with Crippen molar-refractivity contribution in [1.29, 1.82) is 0 Å². The molecule has 0 amide bonds. The third kappa shape index (κ3) is 2.41. The Morgan fingerprint density at radius 3 is 1.54 bits per heavy atom. The van der Waals surface area contributed by atoms with Crippen LogP contribution in [0.4, 0.5) is 0 Å². The minimum Gasteiger partial charge on any atom is -0.420 e. The fourth-order valence-corrected chi connectivity index (χ4v) is 11.0. The van der Waals surface area contributed by atoms with Gasteiger partial charge in [0, 0.05) is 21.3 Å². The van der Waals surface area contributed by atoms with Gasteiger partial charge in [-0.15, -0.1) is 0 Å². The van der Waals surface area contributed by atoms with Crippen molar-refractivity contribution < 1.29 is 13.3 Å². The quantitative estimate of drug-likeness (QED) is 0.681. The zero-order chi connectivity index (χ0) is 9.95. The van der Waals surface area contributed by atoms with Gasteiger partial charge in [0.2, 0.25) is 0 Å². The topological polar surface area (TPSA) is 27.7 Å². The average molecular weight is 220 g/mol. The maximum Gasteiger partial charge on any atom is 0.337 e. The first-order valence-electron chi connectivity index (χ1n) is 4.75. The van der Waals surface area contributed by atoms with Crippen LogP contribution in [-0.2, 0) is 13.3 Å². The summed E-state index contributed by atoms with van der Waals surface area (Å²) in [5.41, 5.74) is 0. The third-order valence-electron chi connectivity index (χ3n) is 3.31. The molecule has 0 unspecified atom stereocenters. The minimum atomic E-state index is -1.78. The van der Waals surface area contributed by atoms with Gasteiger partial charge in [-0.25, -0.2) is 0 Å². The largest absolute Gasteiger partial charge is 0.420 e. The summed E-state index contributed by atoms with van der Waals surface area (Å²) in [5.74, 6) is 0. The molecule has 1 fully saturated rings. The highest BCUT2D eigenvalue weighted by molar-refractivity contribution is 6.80. The van der Waals surface area contributed by atoms with Gasteiger partial charge in [-0.1, -0.05) is 0 Å². The zero-order valence-electron chi connectivity index (χ0n) is 9.05. The van der Waals surface area contributed by atoms with E-state index in [1.54, 1.807) is 14.2 Å². The van der Waals surface area contributed by atoms with Crippen molar-refractivity contribution in [3.63, 3.8) is 0 Å². The molecule has 0 atom stereocenters. The molecule has 1 aliphatic rings. The van der Waals surface area contributed by atoms with Gasteiger partial charge in [-0.2, -0.15) is 0 Å². The SMILES string of the molecule is CO[Si]1(C)CC[Si](OC)(OC)CC1. The van der Waals surface area contributed by atoms with Gasteiger partial charge in [-0.05, 0) is 30.7 Å². The molecule has 78 valence electrons. The Labute approximate surface area is 82.8 Å². The highest BCUT2D eigenvalue weighted by Gasteiger charge is 2.46. The molecule has 0 aromatic rings. The standard InChI is InChI=1S/C8H20O3Si2/c1-9-12(4)5-7-13(10-2,11-3)8-6-12/h5-8H2,1-4H3. The Morgan fingerprint density at radius 2 is 1.23 bits per heavy atom. The van der Waals surface area contributed by atoms with Crippen LogP contribution in [-0.4, -0.2) is 38.2 Å². The van der Waals surface area contributed by atoms with Crippen LogP contribution < -0.4 is 0 Å². The average Bonchev–Trinajstić information content (AvgIpc) is 2.20. The molecule has 0 aromatic carbocycles. The van der Waals surface area contributed by atoms with Gasteiger partial charge in [0.25, 0.3) is 0 Å². The van der Waals surface area contributed by atoms with Gasteiger partial charge in [0.05, 0.1) is 0 Å². The van der Waals surface area contributed by atoms with E-state index in [4.69, 9.17) is 13.3 Å². The van der Waals surface area contributed by atoms with Crippen LogP contribution in [0.5, 0.6) is 0 Å². The van der Waals surface area contributed by atoms with Crippen LogP contribution >= 0.6 is 0 Å². The lowest BCUT2D eigenvalue weighted by Crippen LogP contribution is -2.49. The Balaban J connectivity index is 2.54. The fraction of sp³-hybridized carbons (Fsp3) is 1.00. The molecule has 3 nitrogen and oxygen atoms in total. The highest BCUT2D eigenvalue weighted by Crippen LogP contribution is 2.36. The van der Waals surface area contributed by atoms with E-state index in [0.717, 1.165) is 12.1 Å². The third-order valence-corrected chi connectivity index (χ3v) is 11.4. The molecular weight excluding hydrogens is 200 g/mol. The molecule has 0 radical (unpaired) electrons. The normalized spacial score (nSPS) is 25.8. The van der Waals surface area contributed by atoms with Crippen molar-refractivity contribution >= 4 is 16.9 Å². The summed E-state index contributed by atoms with van der Waals surface area (Å²) in [5, 5.41) is 0. The van der Waals surface area contributed by atoms with E-state index in [1.165, 1.54) is 12.1 Å². The van der Waals surface area contributed by atoms with E-state index >= 15 is 0 Å². The van der Waals surface area contributed by atoms with Crippen molar-refractivity contribution in [2.45, 2.75) is 30.7 Å². The molecule has 0 aliphatic carbocycles. The van der Waals surface area contributed by atoms with Gasteiger partial charge < -0.3 is 13.3 Å². The fourth-order valence-electron chi connectivity index (χ4n) is 1.86. The molecule has 0 spiro atoms. The molecule has 13 heavy (non-hydrogen) atoms. The predicted molar refractivity (Wildman–Crippen MR) is 57.6 cm³/mol. The second kappa shape index (κ2) is 4.23. The molecule has 1 rings (SSSR count). The summed E-state index contributed by atoms with van der Waals surface area (Å²) in [6.45, 7) is 2.30. The molecule has 5 heteroatoms. The van der Waals surface area contributed by atoms with Crippen molar-refractivity contribution in [2.24, 2.45) is 0 Å². The molecule has 0 bridgehead atoms. The number of hydrogen-bond donors (Lipinski definition) is 0. The monoisotopic (exact) mass is 220 g/mol. The van der Waals surface area contributed by atoms with Crippen LogP contribution in [0.25, 0.3) is 0 Å². The van der Waals surface area contributed by atoms with Crippen molar-refractivity contribution in [3.05, 3.63) is 0 Å². The lowest BCUT2D eigenvalue weighted by molar-refractivity contribution is 0.239.